The van der Waals surface area contributed by atoms with Crippen LogP contribution in [-0.4, -0.2) is 81.8 Å². The average molecular weight is 712 g/mol. The zero-order valence-corrected chi connectivity index (χ0v) is 32.9. The smallest absolute Gasteiger partial charge is 0.237 e. The first-order valence-corrected chi connectivity index (χ1v) is 21.2. The summed E-state index contributed by atoms with van der Waals surface area (Å²) in [4.78, 5) is 28.5. The highest BCUT2D eigenvalue weighted by Crippen LogP contribution is 2.26. The van der Waals surface area contributed by atoms with Crippen molar-refractivity contribution in [2.75, 3.05) is 13.2 Å². The average Bonchev–Trinajstić information content (AvgIpc) is 3.10. The molecular formula is C41H81N3O6. The van der Waals surface area contributed by atoms with Crippen LogP contribution in [0.5, 0.6) is 0 Å². The second-order valence-electron chi connectivity index (χ2n) is 15.5. The van der Waals surface area contributed by atoms with E-state index in [1.165, 1.54) is 122 Å². The molecule has 1 fully saturated rings. The fourth-order valence-electron chi connectivity index (χ4n) is 7.04. The number of aliphatic hydroxyl groups excluding tert-OH is 3. The summed E-state index contributed by atoms with van der Waals surface area (Å²) < 4.78 is 6.12. The van der Waals surface area contributed by atoms with Gasteiger partial charge in [-0.3, -0.25) is 9.59 Å². The van der Waals surface area contributed by atoms with E-state index >= 15 is 0 Å². The second kappa shape index (κ2) is 30.2. The molecule has 50 heavy (non-hydrogen) atoms. The summed E-state index contributed by atoms with van der Waals surface area (Å²) in [5.74, 6) is -0.700. The van der Waals surface area contributed by atoms with E-state index in [2.05, 4.69) is 19.2 Å². The molecular weight excluding hydrogens is 630 g/mol. The Balaban J connectivity index is 2.69. The van der Waals surface area contributed by atoms with Crippen LogP contribution in [0.15, 0.2) is 0 Å². The number of amides is 2. The van der Waals surface area contributed by atoms with E-state index in [9.17, 15) is 24.9 Å². The minimum Gasteiger partial charge on any atom is -0.394 e. The number of rotatable bonds is 32. The molecule has 1 heterocycles. The van der Waals surface area contributed by atoms with E-state index in [1.807, 2.05) is 13.8 Å². The van der Waals surface area contributed by atoms with Crippen LogP contribution >= 0.6 is 0 Å². The molecule has 0 unspecified atom stereocenters. The maximum atomic E-state index is 13.8. The second-order valence-corrected chi connectivity index (χ2v) is 15.5. The molecule has 0 aromatic rings. The molecule has 1 rings (SSSR count). The van der Waals surface area contributed by atoms with Crippen molar-refractivity contribution in [2.45, 2.75) is 231 Å². The van der Waals surface area contributed by atoms with Crippen LogP contribution in [0, 0.1) is 5.92 Å². The molecule has 6 atom stereocenters. The van der Waals surface area contributed by atoms with Crippen molar-refractivity contribution >= 4 is 11.8 Å². The molecule has 0 bridgehead atoms. The van der Waals surface area contributed by atoms with Gasteiger partial charge in [0, 0.05) is 13.0 Å². The van der Waals surface area contributed by atoms with Crippen LogP contribution in [0.1, 0.15) is 195 Å². The van der Waals surface area contributed by atoms with E-state index in [4.69, 9.17) is 10.5 Å². The number of carbonyl (C=O) groups is 2. The Hall–Kier alpha value is -1.26. The summed E-state index contributed by atoms with van der Waals surface area (Å²) in [6, 6.07) is -1.89. The third-order valence-corrected chi connectivity index (χ3v) is 10.6. The maximum Gasteiger partial charge on any atom is 0.237 e. The van der Waals surface area contributed by atoms with Crippen LogP contribution in [0.3, 0.4) is 0 Å². The molecule has 296 valence electrons. The van der Waals surface area contributed by atoms with E-state index in [0.29, 0.717) is 13.0 Å². The minimum atomic E-state index is -1.43. The molecule has 0 aromatic heterocycles. The van der Waals surface area contributed by atoms with Gasteiger partial charge < -0.3 is 36.0 Å². The maximum absolute atomic E-state index is 13.8. The van der Waals surface area contributed by atoms with Gasteiger partial charge in [-0.15, -0.1) is 0 Å². The Morgan fingerprint density at radius 2 is 1.06 bits per heavy atom. The number of nitrogens with two attached hydrogens (primary N) is 1. The molecule has 2 amide bonds. The fraction of sp³-hybridized carbons (Fsp3) is 0.951. The van der Waals surface area contributed by atoms with E-state index in [0.717, 1.165) is 38.5 Å². The molecule has 1 aliphatic rings. The lowest BCUT2D eigenvalue weighted by molar-refractivity contribution is -0.231. The Morgan fingerprint density at radius 1 is 0.660 bits per heavy atom. The van der Waals surface area contributed by atoms with Gasteiger partial charge in [0.05, 0.1) is 12.6 Å². The topological polar surface area (TPSA) is 145 Å². The van der Waals surface area contributed by atoms with Crippen LogP contribution < -0.4 is 11.1 Å². The van der Waals surface area contributed by atoms with Gasteiger partial charge in [0.25, 0.3) is 0 Å². The number of unbranched alkanes of at least 4 members (excludes halogenated alkanes) is 23. The molecule has 9 nitrogen and oxygen atoms in total. The quantitative estimate of drug-likeness (QED) is 0.0446. The molecule has 1 aliphatic heterocycles. The van der Waals surface area contributed by atoms with E-state index < -0.39 is 49.1 Å². The Kier molecular flexibility index (Phi) is 28.3. The number of hydrogen-bond donors (Lipinski definition) is 5. The zero-order valence-electron chi connectivity index (χ0n) is 32.9. The fourth-order valence-corrected chi connectivity index (χ4v) is 7.04. The number of nitrogens with one attached hydrogen (secondary N) is 1. The van der Waals surface area contributed by atoms with Gasteiger partial charge in [-0.1, -0.05) is 175 Å². The van der Waals surface area contributed by atoms with Crippen LogP contribution in [0.25, 0.3) is 0 Å². The Labute approximate surface area is 307 Å². The van der Waals surface area contributed by atoms with Crippen molar-refractivity contribution in [3.05, 3.63) is 0 Å². The van der Waals surface area contributed by atoms with Crippen molar-refractivity contribution in [1.82, 2.24) is 10.2 Å². The highest BCUT2D eigenvalue weighted by molar-refractivity contribution is 5.82. The number of aliphatic hydroxyl groups is 3. The van der Waals surface area contributed by atoms with Gasteiger partial charge in [-0.25, -0.2) is 0 Å². The van der Waals surface area contributed by atoms with Crippen molar-refractivity contribution < 1.29 is 29.6 Å². The molecule has 1 saturated heterocycles. The predicted molar refractivity (Wildman–Crippen MR) is 206 cm³/mol. The van der Waals surface area contributed by atoms with Gasteiger partial charge in [-0.2, -0.15) is 0 Å². The van der Waals surface area contributed by atoms with Gasteiger partial charge >= 0.3 is 0 Å². The SMILES string of the molecule is CCCCCCCCCCCCCCCCCC(=O)N(CCCCCCCCCCCC)[C@@H]1O[C@H](CO)[C@@H](O)[C@H](O)[C@H]1NC(=O)[C@@H](N)C(C)C. The molecule has 9 heteroatoms. The third-order valence-electron chi connectivity index (χ3n) is 10.6. The lowest BCUT2D eigenvalue weighted by Gasteiger charge is -2.47. The summed E-state index contributed by atoms with van der Waals surface area (Å²) in [6.07, 6.45) is 25.9. The molecule has 0 radical (unpaired) electrons. The van der Waals surface area contributed by atoms with Gasteiger partial charge in [0.2, 0.25) is 11.8 Å². The predicted octanol–water partition coefficient (Wildman–Crippen LogP) is 7.90. The van der Waals surface area contributed by atoms with Crippen LogP contribution in [0.4, 0.5) is 0 Å². The Morgan fingerprint density at radius 3 is 1.46 bits per heavy atom. The lowest BCUT2D eigenvalue weighted by Crippen LogP contribution is -2.69. The van der Waals surface area contributed by atoms with Crippen molar-refractivity contribution in [1.29, 1.82) is 0 Å². The van der Waals surface area contributed by atoms with Crippen molar-refractivity contribution in [3.63, 3.8) is 0 Å². The number of carbonyl (C=O) groups excluding carboxylic acids is 2. The minimum absolute atomic E-state index is 0.0895. The summed E-state index contributed by atoms with van der Waals surface area (Å²) in [6.45, 7) is 8.08. The van der Waals surface area contributed by atoms with Crippen molar-refractivity contribution in [2.24, 2.45) is 11.7 Å². The van der Waals surface area contributed by atoms with Gasteiger partial charge in [-0.05, 0) is 18.8 Å². The highest BCUT2D eigenvalue weighted by Gasteiger charge is 2.48. The molecule has 0 aliphatic carbocycles. The number of nitrogens with zero attached hydrogens (tertiary/aromatic N) is 1. The van der Waals surface area contributed by atoms with E-state index in [-0.39, 0.29) is 11.8 Å². The molecule has 0 spiro atoms. The third kappa shape index (κ3) is 20.1. The molecule has 6 N–H and O–H groups in total. The molecule has 0 saturated carbocycles. The summed E-state index contributed by atoms with van der Waals surface area (Å²) in [7, 11) is 0. The van der Waals surface area contributed by atoms with Gasteiger partial charge in [0.1, 0.15) is 24.4 Å². The van der Waals surface area contributed by atoms with E-state index in [1.54, 1.807) is 4.90 Å². The highest BCUT2D eigenvalue weighted by atomic mass is 16.5. The van der Waals surface area contributed by atoms with Crippen LogP contribution in [0.2, 0.25) is 0 Å². The Bertz CT molecular complexity index is 830. The number of hydrogen-bond acceptors (Lipinski definition) is 7. The summed E-state index contributed by atoms with van der Waals surface area (Å²) >= 11 is 0. The first-order chi connectivity index (χ1) is 24.2. The monoisotopic (exact) mass is 712 g/mol. The zero-order chi connectivity index (χ0) is 37.0. The van der Waals surface area contributed by atoms with Crippen molar-refractivity contribution in [3.8, 4) is 0 Å². The molecule has 0 aromatic carbocycles. The number of ether oxygens (including phenoxy) is 1. The largest absolute Gasteiger partial charge is 0.394 e. The van der Waals surface area contributed by atoms with Crippen LogP contribution in [-0.2, 0) is 14.3 Å². The normalized spacial score (nSPS) is 21.4. The first-order valence-electron chi connectivity index (χ1n) is 21.2. The summed E-state index contributed by atoms with van der Waals surface area (Å²) in [5, 5.41) is 34.6. The first kappa shape index (κ1) is 46.8. The van der Waals surface area contributed by atoms with Gasteiger partial charge in [0.15, 0.2) is 6.23 Å². The summed E-state index contributed by atoms with van der Waals surface area (Å²) in [5.41, 5.74) is 6.12. The lowest BCUT2D eigenvalue weighted by atomic mass is 9.94. The standard InChI is InChI=1S/C41H81N3O6/c1-5-7-9-11-13-15-17-18-19-20-21-22-24-26-28-30-35(46)44(31-29-27-25-23-16-14-12-10-8-6-2)41-37(43-40(49)36(42)33(3)4)39(48)38(47)34(32-45)50-41/h33-34,36-39,41,45,47-48H,5-32,42H2,1-4H3,(H,43,49)/t34-,36+,37-,38-,39-,41-/m1/s1.